The van der Waals surface area contributed by atoms with Gasteiger partial charge in [0.15, 0.2) is 11.6 Å². The molecule has 16 heavy (non-hydrogen) atoms. The average molecular weight is 289 g/mol. The highest BCUT2D eigenvalue weighted by Crippen LogP contribution is 2.25. The van der Waals surface area contributed by atoms with Crippen LogP contribution in [0.2, 0.25) is 0 Å². The Bertz CT molecular complexity index is 351. The number of hydrogen-bond donors (Lipinski definition) is 0. The fraction of sp³-hybridized carbons (Fsp3) is 0.500. The molecule has 1 aromatic rings. The number of halogens is 2. The first-order valence-electron chi connectivity index (χ1n) is 5.39. The normalized spacial score (nSPS) is 20.0. The molecule has 1 atom stereocenters. The molecule has 0 amide bonds. The second-order valence-electron chi connectivity index (χ2n) is 3.81. The van der Waals surface area contributed by atoms with Crippen LogP contribution < -0.4 is 4.74 Å². The molecule has 0 radical (unpaired) electrons. The van der Waals surface area contributed by atoms with Crippen LogP contribution in [-0.4, -0.2) is 19.3 Å². The summed E-state index contributed by atoms with van der Waals surface area (Å²) in [5.74, 6) is 0.0322. The molecule has 2 nitrogen and oxygen atoms in total. The van der Waals surface area contributed by atoms with Gasteiger partial charge >= 0.3 is 0 Å². The highest BCUT2D eigenvalue weighted by Gasteiger charge is 2.17. The number of benzene rings is 1. The summed E-state index contributed by atoms with van der Waals surface area (Å²) in [7, 11) is 0. The van der Waals surface area contributed by atoms with Crippen LogP contribution in [-0.2, 0) is 10.1 Å². The van der Waals surface area contributed by atoms with Crippen molar-refractivity contribution in [2.45, 2.75) is 24.3 Å². The second-order valence-corrected chi connectivity index (χ2v) is 4.37. The Morgan fingerprint density at radius 1 is 1.50 bits per heavy atom. The van der Waals surface area contributed by atoms with Gasteiger partial charge in [0.1, 0.15) is 6.61 Å². The van der Waals surface area contributed by atoms with Crippen molar-refractivity contribution in [1.29, 1.82) is 0 Å². The molecule has 88 valence electrons. The van der Waals surface area contributed by atoms with Crippen molar-refractivity contribution in [2.24, 2.45) is 0 Å². The zero-order chi connectivity index (χ0) is 11.4. The SMILES string of the molecule is Fc1cccc(CBr)c1OCC1CCCO1. The van der Waals surface area contributed by atoms with E-state index in [0.717, 1.165) is 25.0 Å². The first-order valence-corrected chi connectivity index (χ1v) is 6.51. The first kappa shape index (κ1) is 11.9. The van der Waals surface area contributed by atoms with Crippen LogP contribution in [0, 0.1) is 5.82 Å². The Morgan fingerprint density at radius 3 is 3.06 bits per heavy atom. The van der Waals surface area contributed by atoms with E-state index in [4.69, 9.17) is 9.47 Å². The predicted molar refractivity (Wildman–Crippen MR) is 63.5 cm³/mol. The second kappa shape index (κ2) is 5.64. The summed E-state index contributed by atoms with van der Waals surface area (Å²) in [5, 5.41) is 0.589. The van der Waals surface area contributed by atoms with Crippen molar-refractivity contribution in [2.75, 3.05) is 13.2 Å². The van der Waals surface area contributed by atoms with Gasteiger partial charge in [-0.1, -0.05) is 28.1 Å². The number of hydrogen-bond acceptors (Lipinski definition) is 2. The third-order valence-corrected chi connectivity index (χ3v) is 3.23. The van der Waals surface area contributed by atoms with E-state index in [1.54, 1.807) is 6.07 Å². The van der Waals surface area contributed by atoms with Gasteiger partial charge in [-0.25, -0.2) is 4.39 Å². The van der Waals surface area contributed by atoms with Crippen LogP contribution in [0.25, 0.3) is 0 Å². The molecule has 0 bridgehead atoms. The molecule has 1 unspecified atom stereocenters. The minimum Gasteiger partial charge on any atom is -0.487 e. The molecule has 1 aromatic carbocycles. The molecule has 1 aliphatic heterocycles. The zero-order valence-electron chi connectivity index (χ0n) is 8.92. The van der Waals surface area contributed by atoms with Gasteiger partial charge in [0.25, 0.3) is 0 Å². The molecule has 1 heterocycles. The Morgan fingerprint density at radius 2 is 2.38 bits per heavy atom. The van der Waals surface area contributed by atoms with Gasteiger partial charge in [0.05, 0.1) is 6.10 Å². The Labute approximate surface area is 103 Å². The molecule has 1 aliphatic rings. The van der Waals surface area contributed by atoms with E-state index in [2.05, 4.69) is 15.9 Å². The lowest BCUT2D eigenvalue weighted by molar-refractivity contribution is 0.0663. The molecular weight excluding hydrogens is 275 g/mol. The standard InChI is InChI=1S/C12H14BrFO2/c13-7-9-3-1-5-11(14)12(9)16-8-10-4-2-6-15-10/h1,3,5,10H,2,4,6-8H2. The molecule has 1 fully saturated rings. The summed E-state index contributed by atoms with van der Waals surface area (Å²) in [6.45, 7) is 1.22. The highest BCUT2D eigenvalue weighted by molar-refractivity contribution is 9.08. The smallest absolute Gasteiger partial charge is 0.165 e. The predicted octanol–water partition coefficient (Wildman–Crippen LogP) is 3.28. The molecule has 0 saturated carbocycles. The van der Waals surface area contributed by atoms with E-state index in [9.17, 15) is 4.39 Å². The zero-order valence-corrected chi connectivity index (χ0v) is 10.5. The summed E-state index contributed by atoms with van der Waals surface area (Å²) >= 11 is 3.32. The maximum Gasteiger partial charge on any atom is 0.165 e. The minimum atomic E-state index is -0.310. The maximum atomic E-state index is 13.5. The molecule has 4 heteroatoms. The van der Waals surface area contributed by atoms with E-state index in [1.165, 1.54) is 6.07 Å². The Kier molecular flexibility index (Phi) is 4.18. The van der Waals surface area contributed by atoms with Gasteiger partial charge in [-0.05, 0) is 18.9 Å². The summed E-state index contributed by atoms with van der Waals surface area (Å²) < 4.78 is 24.5. The van der Waals surface area contributed by atoms with Gasteiger partial charge in [0, 0.05) is 17.5 Å². The molecule has 1 saturated heterocycles. The monoisotopic (exact) mass is 288 g/mol. The van der Waals surface area contributed by atoms with Crippen molar-refractivity contribution in [3.8, 4) is 5.75 Å². The summed E-state index contributed by atoms with van der Waals surface area (Å²) in [6.07, 6.45) is 2.18. The van der Waals surface area contributed by atoms with Crippen molar-refractivity contribution in [3.05, 3.63) is 29.6 Å². The van der Waals surface area contributed by atoms with Gasteiger partial charge in [0.2, 0.25) is 0 Å². The minimum absolute atomic E-state index is 0.114. The lowest BCUT2D eigenvalue weighted by Gasteiger charge is -2.14. The van der Waals surface area contributed by atoms with E-state index in [-0.39, 0.29) is 11.9 Å². The quantitative estimate of drug-likeness (QED) is 0.792. The lowest BCUT2D eigenvalue weighted by Crippen LogP contribution is -2.17. The summed E-state index contributed by atoms with van der Waals surface area (Å²) in [6, 6.07) is 4.95. The van der Waals surface area contributed by atoms with Crippen molar-refractivity contribution in [3.63, 3.8) is 0 Å². The molecular formula is C12H14BrFO2. The van der Waals surface area contributed by atoms with Crippen LogP contribution in [0.1, 0.15) is 18.4 Å². The number of para-hydroxylation sites is 1. The van der Waals surface area contributed by atoms with E-state index in [0.29, 0.717) is 17.7 Å². The highest BCUT2D eigenvalue weighted by atomic mass is 79.9. The van der Waals surface area contributed by atoms with Crippen LogP contribution in [0.15, 0.2) is 18.2 Å². The van der Waals surface area contributed by atoms with Crippen LogP contribution in [0.3, 0.4) is 0 Å². The molecule has 0 N–H and O–H groups in total. The first-order chi connectivity index (χ1) is 7.81. The van der Waals surface area contributed by atoms with Crippen molar-refractivity contribution < 1.29 is 13.9 Å². The fourth-order valence-electron chi connectivity index (χ4n) is 1.77. The number of rotatable bonds is 4. The van der Waals surface area contributed by atoms with Gasteiger partial charge in [-0.3, -0.25) is 0 Å². The average Bonchev–Trinajstić information content (AvgIpc) is 2.80. The van der Waals surface area contributed by atoms with E-state index in [1.807, 2.05) is 6.07 Å². The Hall–Kier alpha value is -0.610. The molecule has 2 rings (SSSR count). The molecule has 0 spiro atoms. The summed E-state index contributed by atoms with van der Waals surface area (Å²) in [5.41, 5.74) is 0.831. The van der Waals surface area contributed by atoms with Crippen LogP contribution in [0.4, 0.5) is 4.39 Å². The lowest BCUT2D eigenvalue weighted by atomic mass is 10.2. The van der Waals surface area contributed by atoms with Gasteiger partial charge in [-0.15, -0.1) is 0 Å². The largest absolute Gasteiger partial charge is 0.487 e. The van der Waals surface area contributed by atoms with Crippen molar-refractivity contribution >= 4 is 15.9 Å². The van der Waals surface area contributed by atoms with Gasteiger partial charge < -0.3 is 9.47 Å². The van der Waals surface area contributed by atoms with Crippen LogP contribution >= 0.6 is 15.9 Å². The van der Waals surface area contributed by atoms with Crippen LogP contribution in [0.5, 0.6) is 5.75 Å². The fourth-order valence-corrected chi connectivity index (χ4v) is 2.21. The van der Waals surface area contributed by atoms with E-state index >= 15 is 0 Å². The molecule has 0 aliphatic carbocycles. The maximum absolute atomic E-state index is 13.5. The third kappa shape index (κ3) is 2.74. The summed E-state index contributed by atoms with van der Waals surface area (Å²) in [4.78, 5) is 0. The van der Waals surface area contributed by atoms with Crippen molar-refractivity contribution in [1.82, 2.24) is 0 Å². The molecule has 0 aromatic heterocycles. The topological polar surface area (TPSA) is 18.5 Å². The third-order valence-electron chi connectivity index (χ3n) is 2.63. The van der Waals surface area contributed by atoms with E-state index < -0.39 is 0 Å². The Balaban J connectivity index is 2.01. The van der Waals surface area contributed by atoms with Gasteiger partial charge in [-0.2, -0.15) is 0 Å². The number of ether oxygens (including phenoxy) is 2. The number of alkyl halides is 1.